The molecule has 1 heterocycles. The Balaban J connectivity index is 1.90. The zero-order valence-electron chi connectivity index (χ0n) is 13.8. The monoisotopic (exact) mass is 337 g/mol. The van der Waals surface area contributed by atoms with Crippen molar-refractivity contribution >= 4 is 11.9 Å². The van der Waals surface area contributed by atoms with Gasteiger partial charge in [-0.05, 0) is 25.0 Å². The van der Waals surface area contributed by atoms with Crippen molar-refractivity contribution in [3.63, 3.8) is 0 Å². The third kappa shape index (κ3) is 5.13. The summed E-state index contributed by atoms with van der Waals surface area (Å²) in [5.41, 5.74) is 0. The number of methoxy groups -OCH3 is 1. The van der Waals surface area contributed by atoms with Gasteiger partial charge in [0.1, 0.15) is 6.54 Å². The van der Waals surface area contributed by atoms with Gasteiger partial charge < -0.3 is 24.2 Å². The molecule has 1 aromatic carbocycles. The van der Waals surface area contributed by atoms with Gasteiger partial charge in [-0.25, -0.2) is 0 Å². The Bertz CT molecular complexity index is 556. The topological polar surface area (TPSA) is 85.3 Å². The standard InChI is InChI=1S/C17H23NO6/c1-22-14-4-2-3-5-15(14)24-11-8-16(19)18(12-17(20)21)13-6-9-23-10-7-13/h2-5,13H,6-12H2,1H3,(H,20,21). The van der Waals surface area contributed by atoms with Gasteiger partial charge in [0.05, 0.1) is 20.1 Å². The van der Waals surface area contributed by atoms with Gasteiger partial charge >= 0.3 is 5.97 Å². The number of para-hydroxylation sites is 2. The van der Waals surface area contributed by atoms with Crippen molar-refractivity contribution < 1.29 is 28.9 Å². The molecule has 0 radical (unpaired) electrons. The summed E-state index contributed by atoms with van der Waals surface area (Å²) >= 11 is 0. The SMILES string of the molecule is COc1ccccc1OCCC(=O)N(CC(=O)O)C1CCOCC1. The Morgan fingerprint density at radius 1 is 1.25 bits per heavy atom. The van der Waals surface area contributed by atoms with Crippen molar-refractivity contribution in [1.29, 1.82) is 0 Å². The molecular formula is C17H23NO6. The number of rotatable bonds is 8. The lowest BCUT2D eigenvalue weighted by Crippen LogP contribution is -2.46. The highest BCUT2D eigenvalue weighted by molar-refractivity contribution is 5.81. The van der Waals surface area contributed by atoms with E-state index in [0.29, 0.717) is 37.6 Å². The lowest BCUT2D eigenvalue weighted by atomic mass is 10.1. The van der Waals surface area contributed by atoms with Crippen LogP contribution in [0.15, 0.2) is 24.3 Å². The lowest BCUT2D eigenvalue weighted by molar-refractivity contribution is -0.148. The van der Waals surface area contributed by atoms with E-state index in [1.165, 1.54) is 4.90 Å². The van der Waals surface area contributed by atoms with E-state index in [9.17, 15) is 9.59 Å². The molecule has 0 aromatic heterocycles. The number of aliphatic carboxylic acids is 1. The first-order valence-electron chi connectivity index (χ1n) is 7.96. The van der Waals surface area contributed by atoms with Gasteiger partial charge in [-0.15, -0.1) is 0 Å². The maximum Gasteiger partial charge on any atom is 0.323 e. The third-order valence-electron chi connectivity index (χ3n) is 3.90. The number of carboxylic acids is 1. The fraction of sp³-hybridized carbons (Fsp3) is 0.529. The minimum absolute atomic E-state index is 0.0892. The number of amides is 1. The van der Waals surface area contributed by atoms with Crippen molar-refractivity contribution in [1.82, 2.24) is 4.90 Å². The number of hydrogen-bond acceptors (Lipinski definition) is 5. The van der Waals surface area contributed by atoms with E-state index in [4.69, 9.17) is 19.3 Å². The van der Waals surface area contributed by atoms with Crippen molar-refractivity contribution in [2.24, 2.45) is 0 Å². The maximum absolute atomic E-state index is 12.4. The van der Waals surface area contributed by atoms with Crippen LogP contribution in [0.3, 0.4) is 0 Å². The van der Waals surface area contributed by atoms with Gasteiger partial charge in [0.15, 0.2) is 11.5 Å². The van der Waals surface area contributed by atoms with Crippen molar-refractivity contribution in [3.05, 3.63) is 24.3 Å². The highest BCUT2D eigenvalue weighted by Gasteiger charge is 2.27. The van der Waals surface area contributed by atoms with Crippen LogP contribution in [0.4, 0.5) is 0 Å². The summed E-state index contributed by atoms with van der Waals surface area (Å²) in [6.07, 6.45) is 1.43. The number of hydrogen-bond donors (Lipinski definition) is 1. The molecule has 1 aliphatic rings. The summed E-state index contributed by atoms with van der Waals surface area (Å²) in [4.78, 5) is 24.9. The summed E-state index contributed by atoms with van der Waals surface area (Å²) in [5, 5.41) is 9.06. The smallest absolute Gasteiger partial charge is 0.323 e. The molecule has 0 bridgehead atoms. The predicted molar refractivity (Wildman–Crippen MR) is 86.3 cm³/mol. The van der Waals surface area contributed by atoms with Crippen LogP contribution in [0.5, 0.6) is 11.5 Å². The number of carbonyl (C=O) groups is 2. The average Bonchev–Trinajstić information content (AvgIpc) is 2.60. The molecule has 0 unspecified atom stereocenters. The van der Waals surface area contributed by atoms with E-state index in [0.717, 1.165) is 0 Å². The normalized spacial score (nSPS) is 14.9. The van der Waals surface area contributed by atoms with Gasteiger partial charge in [0.2, 0.25) is 5.91 Å². The molecule has 1 amide bonds. The largest absolute Gasteiger partial charge is 0.493 e. The van der Waals surface area contributed by atoms with Crippen LogP contribution < -0.4 is 9.47 Å². The maximum atomic E-state index is 12.4. The van der Waals surface area contributed by atoms with E-state index in [2.05, 4.69) is 0 Å². The molecule has 1 aliphatic heterocycles. The molecule has 1 aromatic rings. The Kier molecular flexibility index (Phi) is 6.87. The Labute approximate surface area is 141 Å². The molecule has 7 heteroatoms. The second-order valence-electron chi connectivity index (χ2n) is 5.51. The highest BCUT2D eigenvalue weighted by Crippen LogP contribution is 2.26. The Morgan fingerprint density at radius 3 is 2.54 bits per heavy atom. The van der Waals surface area contributed by atoms with Crippen LogP contribution in [-0.4, -0.2) is 61.4 Å². The minimum atomic E-state index is -1.01. The molecule has 1 saturated heterocycles. The third-order valence-corrected chi connectivity index (χ3v) is 3.90. The summed E-state index contributed by atoms with van der Waals surface area (Å²) in [6, 6.07) is 7.09. The average molecular weight is 337 g/mol. The zero-order valence-corrected chi connectivity index (χ0v) is 13.8. The molecule has 24 heavy (non-hydrogen) atoms. The van der Waals surface area contributed by atoms with E-state index in [1.54, 1.807) is 19.2 Å². The van der Waals surface area contributed by atoms with Gasteiger partial charge in [0.25, 0.3) is 0 Å². The van der Waals surface area contributed by atoms with Crippen LogP contribution in [0.2, 0.25) is 0 Å². The minimum Gasteiger partial charge on any atom is -0.493 e. The number of nitrogens with zero attached hydrogens (tertiary/aromatic N) is 1. The Morgan fingerprint density at radius 2 is 1.92 bits per heavy atom. The lowest BCUT2D eigenvalue weighted by Gasteiger charge is -2.33. The number of benzene rings is 1. The fourth-order valence-corrected chi connectivity index (χ4v) is 2.69. The van der Waals surface area contributed by atoms with E-state index in [-0.39, 0.29) is 31.5 Å². The summed E-state index contributed by atoms with van der Waals surface area (Å²) in [6.45, 7) is 0.967. The van der Waals surface area contributed by atoms with Crippen LogP contribution in [-0.2, 0) is 14.3 Å². The molecule has 1 fully saturated rings. The summed E-state index contributed by atoms with van der Waals surface area (Å²) in [5.74, 6) is -0.0832. The molecule has 2 rings (SSSR count). The second kappa shape index (κ2) is 9.12. The van der Waals surface area contributed by atoms with Crippen molar-refractivity contribution in [3.8, 4) is 11.5 Å². The quantitative estimate of drug-likeness (QED) is 0.775. The number of ether oxygens (including phenoxy) is 3. The number of carboxylic acid groups (broad SMARTS) is 1. The van der Waals surface area contributed by atoms with Gasteiger partial charge in [-0.2, -0.15) is 0 Å². The first-order chi connectivity index (χ1) is 11.6. The van der Waals surface area contributed by atoms with Crippen LogP contribution in [0, 0.1) is 0 Å². The molecule has 0 atom stereocenters. The molecule has 1 N–H and O–H groups in total. The summed E-state index contributed by atoms with van der Waals surface area (Å²) in [7, 11) is 1.55. The first kappa shape index (κ1) is 18.1. The second-order valence-corrected chi connectivity index (χ2v) is 5.51. The van der Waals surface area contributed by atoms with Gasteiger partial charge in [-0.3, -0.25) is 9.59 Å². The van der Waals surface area contributed by atoms with Crippen molar-refractivity contribution in [2.75, 3.05) is 33.5 Å². The zero-order chi connectivity index (χ0) is 17.4. The molecule has 0 saturated carbocycles. The van der Waals surface area contributed by atoms with Gasteiger partial charge in [0, 0.05) is 19.3 Å². The molecular weight excluding hydrogens is 314 g/mol. The molecule has 0 aliphatic carbocycles. The van der Waals surface area contributed by atoms with E-state index < -0.39 is 5.97 Å². The van der Waals surface area contributed by atoms with E-state index in [1.807, 2.05) is 12.1 Å². The van der Waals surface area contributed by atoms with Crippen LogP contribution in [0.1, 0.15) is 19.3 Å². The molecule has 132 valence electrons. The number of carbonyl (C=O) groups excluding carboxylic acids is 1. The molecule has 7 nitrogen and oxygen atoms in total. The summed E-state index contributed by atoms with van der Waals surface area (Å²) < 4.78 is 16.1. The van der Waals surface area contributed by atoms with E-state index >= 15 is 0 Å². The Hall–Kier alpha value is -2.28. The first-order valence-corrected chi connectivity index (χ1v) is 7.96. The highest BCUT2D eigenvalue weighted by atomic mass is 16.5. The predicted octanol–water partition coefficient (Wildman–Crippen LogP) is 1.56. The fourth-order valence-electron chi connectivity index (χ4n) is 2.69. The van der Waals surface area contributed by atoms with Crippen molar-refractivity contribution in [2.45, 2.75) is 25.3 Å². The van der Waals surface area contributed by atoms with Gasteiger partial charge in [-0.1, -0.05) is 12.1 Å². The molecule has 0 spiro atoms. The van der Waals surface area contributed by atoms with Crippen LogP contribution in [0.25, 0.3) is 0 Å². The van der Waals surface area contributed by atoms with Crippen LogP contribution >= 0.6 is 0 Å².